The monoisotopic (exact) mass is 358 g/mol. The lowest BCUT2D eigenvalue weighted by molar-refractivity contribution is -0.114. The van der Waals surface area contributed by atoms with E-state index in [-0.39, 0.29) is 11.3 Å². The van der Waals surface area contributed by atoms with Gasteiger partial charge >= 0.3 is 0 Å². The predicted molar refractivity (Wildman–Crippen MR) is 99.6 cm³/mol. The number of nitrogens with one attached hydrogen (secondary N) is 1. The summed E-state index contributed by atoms with van der Waals surface area (Å²) in [4.78, 5) is 17.7. The summed E-state index contributed by atoms with van der Waals surface area (Å²) in [5.41, 5.74) is 16.8. The van der Waals surface area contributed by atoms with Crippen molar-refractivity contribution in [2.45, 2.75) is 18.9 Å². The van der Waals surface area contributed by atoms with Crippen molar-refractivity contribution in [2.75, 3.05) is 7.05 Å². The van der Waals surface area contributed by atoms with Crippen molar-refractivity contribution < 1.29 is 4.79 Å². The second-order valence-corrected chi connectivity index (χ2v) is 6.03. The SMILES string of the molecule is CN(C=Nc1ccc(Cl)c(C#CC(N)=C(C(=N)N)C(N)=O)c1)C1CC1. The lowest BCUT2D eigenvalue weighted by Crippen LogP contribution is -2.28. The molecule has 1 aromatic carbocycles. The molecule has 1 aliphatic carbocycles. The van der Waals surface area contributed by atoms with Crippen LogP contribution in [-0.4, -0.2) is 36.1 Å². The molecule has 0 bridgehead atoms. The fourth-order valence-corrected chi connectivity index (χ4v) is 2.20. The molecule has 0 unspecified atom stereocenters. The second kappa shape index (κ2) is 7.73. The highest BCUT2D eigenvalue weighted by atomic mass is 35.5. The second-order valence-electron chi connectivity index (χ2n) is 5.62. The van der Waals surface area contributed by atoms with Gasteiger partial charge < -0.3 is 22.1 Å². The quantitative estimate of drug-likeness (QED) is 0.271. The summed E-state index contributed by atoms with van der Waals surface area (Å²) in [5.74, 6) is 3.87. The van der Waals surface area contributed by atoms with Crippen molar-refractivity contribution in [2.24, 2.45) is 22.2 Å². The number of aliphatic imine (C=N–C) groups is 1. The van der Waals surface area contributed by atoms with Crippen LogP contribution >= 0.6 is 11.6 Å². The van der Waals surface area contributed by atoms with Crippen LogP contribution in [0, 0.1) is 17.3 Å². The molecule has 0 saturated heterocycles. The molecular formula is C17H19ClN6O. The molecule has 2 rings (SSSR count). The summed E-state index contributed by atoms with van der Waals surface area (Å²) in [7, 11) is 1.98. The first kappa shape index (κ1) is 18.4. The van der Waals surface area contributed by atoms with Gasteiger partial charge in [-0.3, -0.25) is 10.2 Å². The summed E-state index contributed by atoms with van der Waals surface area (Å²) < 4.78 is 0. The summed E-state index contributed by atoms with van der Waals surface area (Å²) in [6.45, 7) is 0. The summed E-state index contributed by atoms with van der Waals surface area (Å²) in [6, 6.07) is 5.72. The Balaban J connectivity index is 2.28. The van der Waals surface area contributed by atoms with Crippen molar-refractivity contribution in [1.29, 1.82) is 5.41 Å². The zero-order valence-corrected chi connectivity index (χ0v) is 14.5. The zero-order chi connectivity index (χ0) is 18.6. The van der Waals surface area contributed by atoms with E-state index < -0.39 is 11.7 Å². The lowest BCUT2D eigenvalue weighted by atomic mass is 10.1. The number of amides is 1. The van der Waals surface area contributed by atoms with Crippen LogP contribution < -0.4 is 17.2 Å². The number of nitrogens with zero attached hydrogens (tertiary/aromatic N) is 2. The summed E-state index contributed by atoms with van der Waals surface area (Å²) >= 11 is 6.13. The predicted octanol–water partition coefficient (Wildman–Crippen LogP) is 1.08. The molecule has 25 heavy (non-hydrogen) atoms. The van der Waals surface area contributed by atoms with E-state index in [0.29, 0.717) is 22.3 Å². The van der Waals surface area contributed by atoms with Gasteiger partial charge in [0.2, 0.25) is 0 Å². The average molecular weight is 359 g/mol. The number of benzene rings is 1. The number of carbonyl (C=O) groups excluding carboxylic acids is 1. The Morgan fingerprint density at radius 1 is 1.40 bits per heavy atom. The highest BCUT2D eigenvalue weighted by Gasteiger charge is 2.24. The molecule has 130 valence electrons. The van der Waals surface area contributed by atoms with Gasteiger partial charge in [-0.2, -0.15) is 0 Å². The Morgan fingerprint density at radius 3 is 2.64 bits per heavy atom. The Kier molecular flexibility index (Phi) is 5.67. The molecule has 7 N–H and O–H groups in total. The van der Waals surface area contributed by atoms with E-state index >= 15 is 0 Å². The van der Waals surface area contributed by atoms with Crippen LogP contribution in [0.15, 0.2) is 34.5 Å². The van der Waals surface area contributed by atoms with Crippen LogP contribution in [-0.2, 0) is 4.79 Å². The van der Waals surface area contributed by atoms with E-state index in [1.165, 1.54) is 12.8 Å². The third-order valence-electron chi connectivity index (χ3n) is 3.58. The van der Waals surface area contributed by atoms with E-state index in [1.54, 1.807) is 24.5 Å². The molecule has 0 spiro atoms. The number of rotatable bonds is 5. The number of halogens is 1. The number of hydrogen-bond acceptors (Lipinski definition) is 4. The molecule has 7 nitrogen and oxygen atoms in total. The topological polar surface area (TPSA) is 135 Å². The van der Waals surface area contributed by atoms with Crippen molar-refractivity contribution in [3.8, 4) is 11.8 Å². The van der Waals surface area contributed by atoms with Crippen LogP contribution in [0.2, 0.25) is 5.02 Å². The van der Waals surface area contributed by atoms with Gasteiger partial charge in [-0.05, 0) is 37.0 Å². The minimum absolute atomic E-state index is 0.182. The van der Waals surface area contributed by atoms with Crippen LogP contribution in [0.4, 0.5) is 5.69 Å². The normalized spacial score (nSPS) is 14.5. The Morgan fingerprint density at radius 2 is 2.08 bits per heavy atom. The number of primary amides is 1. The lowest BCUT2D eigenvalue weighted by Gasteiger charge is -2.10. The van der Waals surface area contributed by atoms with E-state index in [1.807, 2.05) is 7.05 Å². The van der Waals surface area contributed by atoms with Crippen molar-refractivity contribution in [1.82, 2.24) is 4.90 Å². The van der Waals surface area contributed by atoms with Gasteiger partial charge in [-0.1, -0.05) is 17.5 Å². The molecule has 0 radical (unpaired) electrons. The first-order valence-electron chi connectivity index (χ1n) is 7.51. The van der Waals surface area contributed by atoms with Gasteiger partial charge in [0.05, 0.1) is 22.7 Å². The first-order valence-corrected chi connectivity index (χ1v) is 7.89. The summed E-state index contributed by atoms with van der Waals surface area (Å²) in [5, 5.41) is 7.74. The van der Waals surface area contributed by atoms with Crippen molar-refractivity contribution >= 4 is 35.4 Å². The average Bonchev–Trinajstić information content (AvgIpc) is 3.36. The molecule has 1 fully saturated rings. The maximum absolute atomic E-state index is 11.3. The summed E-state index contributed by atoms with van der Waals surface area (Å²) in [6.07, 6.45) is 4.14. The maximum atomic E-state index is 11.3. The van der Waals surface area contributed by atoms with Gasteiger partial charge in [0.1, 0.15) is 11.4 Å². The van der Waals surface area contributed by atoms with Crippen LogP contribution in [0.25, 0.3) is 0 Å². The molecular weight excluding hydrogens is 340 g/mol. The number of nitrogens with two attached hydrogens (primary N) is 3. The van der Waals surface area contributed by atoms with Crippen LogP contribution in [0.1, 0.15) is 18.4 Å². The Labute approximate surface area is 151 Å². The van der Waals surface area contributed by atoms with Gasteiger partial charge in [0.25, 0.3) is 5.91 Å². The van der Waals surface area contributed by atoms with Crippen molar-refractivity contribution in [3.63, 3.8) is 0 Å². The highest BCUT2D eigenvalue weighted by molar-refractivity contribution is 6.31. The van der Waals surface area contributed by atoms with Gasteiger partial charge in [-0.25, -0.2) is 4.99 Å². The standard InChI is InChI=1S/C17H19ClN6O/c1-24(12-4-5-12)9-23-11-3-6-13(18)10(8-11)2-7-14(19)15(16(20)21)17(22)25/h3,6,8-9,12H,4-5,19H2,1H3,(H3,20,21)(H2,22,25). The molecule has 1 aromatic rings. The minimum atomic E-state index is -0.910. The zero-order valence-electron chi connectivity index (χ0n) is 13.7. The van der Waals surface area contributed by atoms with E-state index in [0.717, 1.165) is 0 Å². The van der Waals surface area contributed by atoms with Crippen LogP contribution in [0.3, 0.4) is 0 Å². The Bertz CT molecular complexity index is 813. The van der Waals surface area contributed by atoms with Gasteiger partial charge in [-0.15, -0.1) is 0 Å². The number of amidine groups is 1. The molecule has 0 heterocycles. The maximum Gasteiger partial charge on any atom is 0.255 e. The third-order valence-corrected chi connectivity index (χ3v) is 3.91. The fourth-order valence-electron chi connectivity index (χ4n) is 2.03. The number of carbonyl (C=O) groups is 1. The highest BCUT2D eigenvalue weighted by Crippen LogP contribution is 2.25. The molecule has 8 heteroatoms. The van der Waals surface area contributed by atoms with E-state index in [4.69, 9.17) is 34.2 Å². The smallest absolute Gasteiger partial charge is 0.255 e. The minimum Gasteiger partial charge on any atom is -0.391 e. The molecule has 1 amide bonds. The fraction of sp³-hybridized carbons (Fsp3) is 0.235. The van der Waals surface area contributed by atoms with Crippen LogP contribution in [0.5, 0.6) is 0 Å². The molecule has 0 aromatic heterocycles. The molecule has 0 atom stereocenters. The van der Waals surface area contributed by atoms with Gasteiger partial charge in [0, 0.05) is 18.7 Å². The van der Waals surface area contributed by atoms with E-state index in [2.05, 4.69) is 21.7 Å². The molecule has 1 saturated carbocycles. The van der Waals surface area contributed by atoms with E-state index in [9.17, 15) is 4.79 Å². The van der Waals surface area contributed by atoms with Gasteiger partial charge in [0.15, 0.2) is 0 Å². The van der Waals surface area contributed by atoms with Crippen molar-refractivity contribution in [3.05, 3.63) is 40.1 Å². The number of hydrogen-bond donors (Lipinski definition) is 4. The number of allylic oxidation sites excluding steroid dienone is 1. The molecule has 1 aliphatic rings. The first-order chi connectivity index (χ1) is 11.8. The third kappa shape index (κ3) is 4.99. The molecule has 0 aliphatic heterocycles. The Hall–Kier alpha value is -2.98. The largest absolute Gasteiger partial charge is 0.391 e.